The molecule has 0 spiro atoms. The second-order valence-electron chi connectivity index (χ2n) is 14.8. The van der Waals surface area contributed by atoms with E-state index in [2.05, 4.69) is 23.3 Å². The molecule has 1 aliphatic rings. The number of unbranched alkanes of at least 4 members (excludes halogenated alkanes) is 12. The summed E-state index contributed by atoms with van der Waals surface area (Å²) in [4.78, 5) is 36.4. The molecule has 53 heavy (non-hydrogen) atoms. The van der Waals surface area contributed by atoms with E-state index in [1.807, 2.05) is 71.0 Å². The van der Waals surface area contributed by atoms with E-state index in [-0.39, 0.29) is 12.2 Å². The van der Waals surface area contributed by atoms with E-state index in [9.17, 15) is 9.59 Å². The Labute approximate surface area is 322 Å². The molecule has 3 aromatic rings. The second kappa shape index (κ2) is 21.9. The van der Waals surface area contributed by atoms with Crippen LogP contribution in [0.1, 0.15) is 142 Å². The lowest BCUT2D eigenvalue weighted by molar-refractivity contribution is -0.143. The lowest BCUT2D eigenvalue weighted by Gasteiger charge is -2.34. The number of rotatable bonds is 23. The lowest BCUT2D eigenvalue weighted by Crippen LogP contribution is -2.35. The van der Waals surface area contributed by atoms with Crippen LogP contribution in [0.4, 0.5) is 0 Å². The summed E-state index contributed by atoms with van der Waals surface area (Å²) in [5, 5.41) is 4.17. The fraction of sp³-hybridized carbons (Fsp3) is 0.568. The van der Waals surface area contributed by atoms with Crippen LogP contribution in [0.3, 0.4) is 0 Å². The van der Waals surface area contributed by atoms with Crippen LogP contribution >= 0.6 is 11.8 Å². The Bertz CT molecular complexity index is 1660. The number of allylic oxidation sites excluding steroid dienone is 1. The van der Waals surface area contributed by atoms with Gasteiger partial charge in [0, 0.05) is 22.7 Å². The minimum atomic E-state index is -0.756. The summed E-state index contributed by atoms with van der Waals surface area (Å²) in [5.74, 6) is -0.671. The molecule has 2 N–H and O–H groups in total. The molecular formula is C44H63N3O5S. The van der Waals surface area contributed by atoms with Crippen molar-refractivity contribution < 1.29 is 23.8 Å². The van der Waals surface area contributed by atoms with E-state index in [0.29, 0.717) is 34.0 Å². The van der Waals surface area contributed by atoms with Gasteiger partial charge in [0.2, 0.25) is 0 Å². The van der Waals surface area contributed by atoms with Crippen LogP contribution in [0, 0.1) is 0 Å². The Morgan fingerprint density at radius 2 is 1.36 bits per heavy atom. The summed E-state index contributed by atoms with van der Waals surface area (Å²) >= 11 is 1.49. The Morgan fingerprint density at radius 1 is 0.774 bits per heavy atom. The molecule has 290 valence electrons. The lowest BCUT2D eigenvalue weighted by atomic mass is 9.77. The van der Waals surface area contributed by atoms with Crippen molar-refractivity contribution in [3.63, 3.8) is 0 Å². The molecule has 9 heteroatoms. The summed E-state index contributed by atoms with van der Waals surface area (Å²) in [5.41, 5.74) is 5.78. The zero-order chi connectivity index (χ0) is 38.2. The van der Waals surface area contributed by atoms with Gasteiger partial charge < -0.3 is 24.5 Å². The number of para-hydroxylation sites is 2. The monoisotopic (exact) mass is 745 g/mol. The molecule has 2 heterocycles. The van der Waals surface area contributed by atoms with Crippen molar-refractivity contribution in [2.75, 3.05) is 12.9 Å². The van der Waals surface area contributed by atoms with E-state index in [0.717, 1.165) is 46.6 Å². The van der Waals surface area contributed by atoms with Crippen molar-refractivity contribution in [1.29, 1.82) is 0 Å². The molecular weight excluding hydrogens is 683 g/mol. The van der Waals surface area contributed by atoms with Gasteiger partial charge in [0.1, 0.15) is 5.75 Å². The number of ether oxygens (including phenoxy) is 3. The van der Waals surface area contributed by atoms with Crippen LogP contribution < -0.4 is 10.1 Å². The van der Waals surface area contributed by atoms with Crippen LogP contribution in [0.5, 0.6) is 5.75 Å². The molecule has 2 aromatic carbocycles. The number of aromatic nitrogens is 2. The second-order valence-corrected chi connectivity index (χ2v) is 15.7. The summed E-state index contributed by atoms with van der Waals surface area (Å²) in [6, 6.07) is 13.9. The summed E-state index contributed by atoms with van der Waals surface area (Å²) < 4.78 is 17.8. The molecule has 0 aliphatic carbocycles. The number of aryl methyl sites for hydroxylation is 1. The first-order valence-electron chi connectivity index (χ1n) is 20.0. The van der Waals surface area contributed by atoms with Gasteiger partial charge in [-0.2, -0.15) is 0 Å². The molecule has 1 atom stereocenters. The van der Waals surface area contributed by atoms with Crippen LogP contribution in [0.15, 0.2) is 70.2 Å². The Kier molecular flexibility index (Phi) is 17.3. The van der Waals surface area contributed by atoms with Crippen molar-refractivity contribution in [1.82, 2.24) is 15.3 Å². The normalized spacial score (nSPS) is 14.7. The smallest absolute Gasteiger partial charge is 0.337 e. The number of hydrogen-bond acceptors (Lipinski definition) is 8. The first-order chi connectivity index (χ1) is 25.6. The predicted molar refractivity (Wildman–Crippen MR) is 217 cm³/mol. The molecule has 0 fully saturated rings. The first kappa shape index (κ1) is 42.0. The number of carbonyl (C=O) groups excluding carboxylic acids is 2. The maximum atomic E-state index is 14.3. The SMILES string of the molecule is CCCCCCCCCCCCCCCc1cccc(OC)c1C1C(C(=O)OC(C)C)=C(C)NC(CSc2nc3ccccc3[nH]2)=C1C(=O)OC(C)C. The van der Waals surface area contributed by atoms with Crippen LogP contribution in [0.2, 0.25) is 0 Å². The number of carbonyl (C=O) groups is 2. The number of esters is 2. The number of hydrogen-bond donors (Lipinski definition) is 2. The average Bonchev–Trinajstić information content (AvgIpc) is 3.54. The summed E-state index contributed by atoms with van der Waals surface area (Å²) in [6.07, 6.45) is 16.8. The molecule has 1 unspecified atom stereocenters. The summed E-state index contributed by atoms with van der Waals surface area (Å²) in [6.45, 7) is 11.5. The Hall–Kier alpha value is -3.72. The highest BCUT2D eigenvalue weighted by Gasteiger charge is 2.41. The number of thioether (sulfide) groups is 1. The van der Waals surface area contributed by atoms with Crippen LogP contribution in [-0.2, 0) is 25.5 Å². The standard InChI is InChI=1S/C44H63N3O5S/c1-8-9-10-11-12-13-14-15-16-17-18-19-20-24-33-25-23-28-37(50-7)39(33)41-38(42(48)51-30(2)3)32(6)45-36(40(41)43(49)52-31(4)5)29-53-44-46-34-26-21-22-27-35(34)47-44/h21-23,25-28,30-31,41,45H,8-20,24,29H2,1-7H3,(H,46,47). The van der Waals surface area contributed by atoms with Gasteiger partial charge in [-0.3, -0.25) is 0 Å². The number of aromatic amines is 1. The molecule has 1 aromatic heterocycles. The maximum Gasteiger partial charge on any atom is 0.337 e. The van der Waals surface area contributed by atoms with Crippen molar-refractivity contribution in [2.24, 2.45) is 0 Å². The molecule has 0 saturated heterocycles. The number of nitrogens with one attached hydrogen (secondary N) is 2. The topological polar surface area (TPSA) is 103 Å². The van der Waals surface area contributed by atoms with E-state index >= 15 is 0 Å². The highest BCUT2D eigenvalue weighted by molar-refractivity contribution is 7.99. The fourth-order valence-corrected chi connectivity index (χ4v) is 8.00. The molecule has 0 amide bonds. The Balaban J connectivity index is 1.60. The molecule has 0 saturated carbocycles. The quantitative estimate of drug-likeness (QED) is 0.0562. The summed E-state index contributed by atoms with van der Waals surface area (Å²) in [7, 11) is 1.64. The largest absolute Gasteiger partial charge is 0.496 e. The van der Waals surface area contributed by atoms with Crippen molar-refractivity contribution >= 4 is 34.7 Å². The zero-order valence-corrected chi connectivity index (χ0v) is 34.1. The minimum Gasteiger partial charge on any atom is -0.496 e. The molecule has 4 rings (SSSR count). The number of imidazole rings is 1. The third-order valence-electron chi connectivity index (χ3n) is 9.71. The van der Waals surface area contributed by atoms with E-state index in [1.165, 1.54) is 82.4 Å². The number of benzene rings is 2. The molecule has 0 bridgehead atoms. The van der Waals surface area contributed by atoms with E-state index < -0.39 is 17.9 Å². The van der Waals surface area contributed by atoms with Crippen molar-refractivity contribution in [3.05, 3.63) is 76.1 Å². The van der Waals surface area contributed by atoms with Gasteiger partial charge in [-0.25, -0.2) is 14.6 Å². The number of methoxy groups -OCH3 is 1. The average molecular weight is 746 g/mol. The van der Waals surface area contributed by atoms with Crippen molar-refractivity contribution in [2.45, 2.75) is 155 Å². The number of fused-ring (bicyclic) bond motifs is 1. The highest BCUT2D eigenvalue weighted by atomic mass is 32.2. The maximum absolute atomic E-state index is 14.3. The van der Waals surface area contributed by atoms with Crippen LogP contribution in [-0.4, -0.2) is 47.0 Å². The van der Waals surface area contributed by atoms with Crippen molar-refractivity contribution in [3.8, 4) is 5.75 Å². The minimum absolute atomic E-state index is 0.341. The molecule has 0 radical (unpaired) electrons. The van der Waals surface area contributed by atoms with Gasteiger partial charge in [0.05, 0.1) is 47.4 Å². The van der Waals surface area contributed by atoms with Gasteiger partial charge >= 0.3 is 11.9 Å². The van der Waals surface area contributed by atoms with Crippen LogP contribution in [0.25, 0.3) is 11.0 Å². The van der Waals surface area contributed by atoms with Gasteiger partial charge in [0.15, 0.2) is 5.16 Å². The fourth-order valence-electron chi connectivity index (χ4n) is 7.15. The predicted octanol–water partition coefficient (Wildman–Crippen LogP) is 11.1. The number of dihydropyridines is 1. The third kappa shape index (κ3) is 12.4. The third-order valence-corrected chi connectivity index (χ3v) is 10.6. The van der Waals surface area contributed by atoms with Gasteiger partial charge in [-0.1, -0.05) is 120 Å². The number of nitrogens with zero attached hydrogens (tertiary/aromatic N) is 1. The van der Waals surface area contributed by atoms with Gasteiger partial charge in [-0.15, -0.1) is 0 Å². The zero-order valence-electron chi connectivity index (χ0n) is 33.3. The molecule has 1 aliphatic heterocycles. The number of H-pyrrole nitrogens is 1. The first-order valence-corrected chi connectivity index (χ1v) is 21.0. The van der Waals surface area contributed by atoms with Gasteiger partial charge in [0.25, 0.3) is 0 Å². The Morgan fingerprint density at radius 3 is 1.94 bits per heavy atom. The van der Waals surface area contributed by atoms with E-state index in [4.69, 9.17) is 19.2 Å². The molecule has 8 nitrogen and oxygen atoms in total. The van der Waals surface area contributed by atoms with Gasteiger partial charge in [-0.05, 0) is 71.2 Å². The highest BCUT2D eigenvalue weighted by Crippen LogP contribution is 2.45. The van der Waals surface area contributed by atoms with E-state index in [1.54, 1.807) is 7.11 Å².